The van der Waals surface area contributed by atoms with Crippen LogP contribution in [0.15, 0.2) is 52.0 Å². The Balaban J connectivity index is 1.87. The van der Waals surface area contributed by atoms with Gasteiger partial charge in [-0.05, 0) is 50.5 Å². The first kappa shape index (κ1) is 19.4. The molecule has 0 aliphatic rings. The molecule has 1 aromatic carbocycles. The van der Waals surface area contributed by atoms with Gasteiger partial charge in [0.05, 0.1) is 12.3 Å². The lowest BCUT2D eigenvalue weighted by molar-refractivity contribution is 0.233. The number of amides is 2. The molecule has 0 bridgehead atoms. The molecule has 1 aromatic heterocycles. The zero-order valence-electron chi connectivity index (χ0n) is 15.5. The molecule has 0 radical (unpaired) electrons. The molecule has 25 heavy (non-hydrogen) atoms. The van der Waals surface area contributed by atoms with Gasteiger partial charge in [-0.1, -0.05) is 20.8 Å². The largest absolute Gasteiger partial charge is 0.468 e. The molecule has 0 saturated carbocycles. The molecule has 0 fully saturated rings. The number of hydrogen-bond donors (Lipinski definition) is 2. The van der Waals surface area contributed by atoms with Crippen LogP contribution >= 0.6 is 11.8 Å². The van der Waals surface area contributed by atoms with Crippen molar-refractivity contribution in [1.29, 1.82) is 0 Å². The summed E-state index contributed by atoms with van der Waals surface area (Å²) in [5, 5.41) is 5.76. The van der Waals surface area contributed by atoms with Crippen LogP contribution in [0.5, 0.6) is 0 Å². The molecule has 1 heterocycles. The highest BCUT2D eigenvalue weighted by Gasteiger charge is 2.18. The van der Waals surface area contributed by atoms with Crippen LogP contribution in [0.25, 0.3) is 0 Å². The summed E-state index contributed by atoms with van der Waals surface area (Å²) in [7, 11) is 3.91. The van der Waals surface area contributed by atoms with Crippen molar-refractivity contribution >= 4 is 23.5 Å². The van der Waals surface area contributed by atoms with E-state index in [-0.39, 0.29) is 16.8 Å². The van der Waals surface area contributed by atoms with Gasteiger partial charge in [0.2, 0.25) is 0 Å². The maximum Gasteiger partial charge on any atom is 0.319 e. The van der Waals surface area contributed by atoms with Crippen molar-refractivity contribution in [2.75, 3.05) is 26.0 Å². The molecule has 2 N–H and O–H groups in total. The Bertz CT molecular complexity index is 661. The number of rotatable bonds is 6. The number of furan rings is 1. The summed E-state index contributed by atoms with van der Waals surface area (Å²) in [4.78, 5) is 15.3. The van der Waals surface area contributed by atoms with Crippen LogP contribution in [-0.2, 0) is 0 Å². The van der Waals surface area contributed by atoms with Gasteiger partial charge in [-0.15, -0.1) is 11.8 Å². The summed E-state index contributed by atoms with van der Waals surface area (Å²) in [5.41, 5.74) is 0.773. The zero-order chi connectivity index (χ0) is 18.4. The number of likely N-dealkylation sites (N-methyl/N-ethyl adjacent to an activating group) is 1. The molecule has 2 aromatic rings. The van der Waals surface area contributed by atoms with Crippen molar-refractivity contribution in [3.05, 3.63) is 48.4 Å². The normalized spacial score (nSPS) is 12.9. The smallest absolute Gasteiger partial charge is 0.319 e. The third kappa shape index (κ3) is 6.48. The lowest BCUT2D eigenvalue weighted by Crippen LogP contribution is -2.36. The Kier molecular flexibility index (Phi) is 6.56. The van der Waals surface area contributed by atoms with Crippen LogP contribution in [0, 0.1) is 0 Å². The van der Waals surface area contributed by atoms with E-state index in [1.165, 1.54) is 4.90 Å². The van der Waals surface area contributed by atoms with E-state index in [4.69, 9.17) is 4.42 Å². The maximum atomic E-state index is 12.1. The van der Waals surface area contributed by atoms with Gasteiger partial charge < -0.3 is 15.1 Å². The van der Waals surface area contributed by atoms with Gasteiger partial charge >= 0.3 is 6.03 Å². The third-order valence-electron chi connectivity index (χ3n) is 3.49. The SMILES string of the molecule is CN(C)C(CNC(=O)Nc1ccc(SC(C)(C)C)cc1)c1ccco1. The van der Waals surface area contributed by atoms with Gasteiger partial charge in [0.25, 0.3) is 0 Å². The molecule has 5 nitrogen and oxygen atoms in total. The second kappa shape index (κ2) is 8.45. The van der Waals surface area contributed by atoms with Crippen molar-refractivity contribution in [2.45, 2.75) is 36.5 Å². The molecule has 0 saturated heterocycles. The van der Waals surface area contributed by atoms with Gasteiger partial charge in [0, 0.05) is 21.9 Å². The first-order valence-electron chi connectivity index (χ1n) is 8.28. The van der Waals surface area contributed by atoms with E-state index in [1.54, 1.807) is 18.0 Å². The third-order valence-corrected chi connectivity index (χ3v) is 4.61. The first-order valence-corrected chi connectivity index (χ1v) is 9.10. The van der Waals surface area contributed by atoms with Gasteiger partial charge in [0.15, 0.2) is 0 Å². The number of urea groups is 1. The zero-order valence-corrected chi connectivity index (χ0v) is 16.3. The summed E-state index contributed by atoms with van der Waals surface area (Å²) >= 11 is 1.80. The second-order valence-electron chi connectivity index (χ2n) is 7.07. The van der Waals surface area contributed by atoms with Crippen molar-refractivity contribution < 1.29 is 9.21 Å². The molecule has 6 heteroatoms. The van der Waals surface area contributed by atoms with E-state index in [2.05, 4.69) is 31.4 Å². The second-order valence-corrected chi connectivity index (χ2v) is 8.97. The minimum Gasteiger partial charge on any atom is -0.468 e. The highest BCUT2D eigenvalue weighted by molar-refractivity contribution is 8.00. The average Bonchev–Trinajstić information content (AvgIpc) is 3.02. The van der Waals surface area contributed by atoms with Gasteiger partial charge in [-0.3, -0.25) is 4.90 Å². The molecule has 1 atom stereocenters. The van der Waals surface area contributed by atoms with E-state index in [0.29, 0.717) is 6.54 Å². The Morgan fingerprint density at radius 3 is 2.40 bits per heavy atom. The van der Waals surface area contributed by atoms with Crippen molar-refractivity contribution in [2.24, 2.45) is 0 Å². The Morgan fingerprint density at radius 1 is 1.20 bits per heavy atom. The molecule has 0 spiro atoms. The predicted octanol–water partition coefficient (Wildman–Crippen LogP) is 4.59. The quantitative estimate of drug-likeness (QED) is 0.739. The van der Waals surface area contributed by atoms with E-state index in [9.17, 15) is 4.79 Å². The molecular weight excluding hydrogens is 334 g/mol. The molecule has 1 unspecified atom stereocenters. The van der Waals surface area contributed by atoms with Crippen LogP contribution in [0.1, 0.15) is 32.6 Å². The summed E-state index contributed by atoms with van der Waals surface area (Å²) in [6, 6.07) is 11.4. The van der Waals surface area contributed by atoms with Crippen LogP contribution in [0.4, 0.5) is 10.5 Å². The van der Waals surface area contributed by atoms with Crippen LogP contribution < -0.4 is 10.6 Å². The topological polar surface area (TPSA) is 57.5 Å². The van der Waals surface area contributed by atoms with Crippen LogP contribution in [-0.4, -0.2) is 36.3 Å². The van der Waals surface area contributed by atoms with Gasteiger partial charge in [0.1, 0.15) is 5.76 Å². The van der Waals surface area contributed by atoms with Crippen molar-refractivity contribution in [3.63, 3.8) is 0 Å². The molecular formula is C19H27N3O2S. The number of hydrogen-bond acceptors (Lipinski definition) is 4. The van der Waals surface area contributed by atoms with Crippen molar-refractivity contribution in [1.82, 2.24) is 10.2 Å². The van der Waals surface area contributed by atoms with E-state index < -0.39 is 0 Å². The number of carbonyl (C=O) groups is 1. The van der Waals surface area contributed by atoms with Gasteiger partial charge in [-0.2, -0.15) is 0 Å². The summed E-state index contributed by atoms with van der Waals surface area (Å²) < 4.78 is 5.61. The lowest BCUT2D eigenvalue weighted by Gasteiger charge is -2.22. The lowest BCUT2D eigenvalue weighted by atomic mass is 10.2. The number of nitrogens with zero attached hydrogens (tertiary/aromatic N) is 1. The summed E-state index contributed by atoms with van der Waals surface area (Å²) in [6.45, 7) is 7.00. The molecule has 136 valence electrons. The van der Waals surface area contributed by atoms with Crippen LogP contribution in [0.2, 0.25) is 0 Å². The number of thioether (sulfide) groups is 1. The van der Waals surface area contributed by atoms with E-state index >= 15 is 0 Å². The monoisotopic (exact) mass is 361 g/mol. The molecule has 2 rings (SSSR count). The Labute approximate surface area is 154 Å². The minimum absolute atomic E-state index is 0.00804. The minimum atomic E-state index is -0.227. The van der Waals surface area contributed by atoms with E-state index in [0.717, 1.165) is 11.4 Å². The number of benzene rings is 1. The molecule has 2 amide bonds. The Morgan fingerprint density at radius 2 is 1.88 bits per heavy atom. The van der Waals surface area contributed by atoms with E-state index in [1.807, 2.05) is 55.4 Å². The fourth-order valence-electron chi connectivity index (χ4n) is 2.34. The standard InChI is InChI=1S/C19H27N3O2S/c1-19(2,3)25-15-10-8-14(9-11-15)21-18(23)20-13-16(22(4)5)17-7-6-12-24-17/h6-12,16H,13H2,1-5H3,(H2,20,21,23). The summed E-state index contributed by atoms with van der Waals surface area (Å²) in [5.74, 6) is 0.828. The van der Waals surface area contributed by atoms with Gasteiger partial charge in [-0.25, -0.2) is 4.79 Å². The molecule has 0 aliphatic heterocycles. The summed E-state index contributed by atoms with van der Waals surface area (Å²) in [6.07, 6.45) is 1.64. The maximum absolute atomic E-state index is 12.1. The average molecular weight is 362 g/mol. The fraction of sp³-hybridized carbons (Fsp3) is 0.421. The molecule has 0 aliphatic carbocycles. The Hall–Kier alpha value is -1.92. The number of anilines is 1. The van der Waals surface area contributed by atoms with Crippen LogP contribution in [0.3, 0.4) is 0 Å². The predicted molar refractivity (Wildman–Crippen MR) is 104 cm³/mol. The fourth-order valence-corrected chi connectivity index (χ4v) is 3.32. The van der Waals surface area contributed by atoms with Crippen molar-refractivity contribution in [3.8, 4) is 0 Å². The number of carbonyl (C=O) groups excluding carboxylic acids is 1. The highest BCUT2D eigenvalue weighted by Crippen LogP contribution is 2.32. The number of nitrogens with one attached hydrogen (secondary N) is 2. The highest BCUT2D eigenvalue weighted by atomic mass is 32.2. The first-order chi connectivity index (χ1) is 11.7.